The zero-order valence-electron chi connectivity index (χ0n) is 11.3. The Balaban J connectivity index is 2.04. The van der Waals surface area contributed by atoms with E-state index in [0.29, 0.717) is 18.8 Å². The summed E-state index contributed by atoms with van der Waals surface area (Å²) in [5.41, 5.74) is 0.917. The van der Waals surface area contributed by atoms with Crippen molar-refractivity contribution in [3.05, 3.63) is 29.3 Å². The highest BCUT2D eigenvalue weighted by Gasteiger charge is 2.19. The molecule has 20 heavy (non-hydrogen) atoms. The molecule has 0 aliphatic carbocycles. The standard InChI is InChI=1S/C13H17ClN2O2S2/c1-16(20(17,18)9-5-4-8-14)10-13-15-11-6-2-3-7-12(11)19-13/h2-3,6-7H,4-5,8-10H2,1H3. The van der Waals surface area contributed by atoms with Crippen molar-refractivity contribution >= 4 is 43.2 Å². The van der Waals surface area contributed by atoms with Gasteiger partial charge in [0.2, 0.25) is 10.0 Å². The number of nitrogens with zero attached hydrogens (tertiary/aromatic N) is 2. The Labute approximate surface area is 128 Å². The van der Waals surface area contributed by atoms with Crippen molar-refractivity contribution in [1.82, 2.24) is 9.29 Å². The van der Waals surface area contributed by atoms with Crippen LogP contribution in [0.3, 0.4) is 0 Å². The Bertz CT molecular complexity index is 637. The molecule has 1 aromatic heterocycles. The van der Waals surface area contributed by atoms with Gasteiger partial charge in [0.15, 0.2) is 0 Å². The lowest BCUT2D eigenvalue weighted by molar-refractivity contribution is 0.464. The summed E-state index contributed by atoms with van der Waals surface area (Å²) < 4.78 is 26.6. The van der Waals surface area contributed by atoms with Crippen LogP contribution in [0.4, 0.5) is 0 Å². The molecule has 4 nitrogen and oxygen atoms in total. The van der Waals surface area contributed by atoms with Crippen LogP contribution in [0.5, 0.6) is 0 Å². The Morgan fingerprint density at radius 1 is 1.30 bits per heavy atom. The van der Waals surface area contributed by atoms with Gasteiger partial charge in [0.1, 0.15) is 5.01 Å². The lowest BCUT2D eigenvalue weighted by Crippen LogP contribution is -2.28. The van der Waals surface area contributed by atoms with Gasteiger partial charge in [-0.15, -0.1) is 22.9 Å². The molecule has 0 aliphatic heterocycles. The fraction of sp³-hybridized carbons (Fsp3) is 0.462. The molecule has 0 atom stereocenters. The predicted octanol–water partition coefficient (Wildman–Crippen LogP) is 3.08. The molecule has 1 heterocycles. The van der Waals surface area contributed by atoms with E-state index in [1.54, 1.807) is 7.05 Å². The fourth-order valence-corrected chi connectivity index (χ4v) is 4.30. The number of halogens is 1. The van der Waals surface area contributed by atoms with Crippen LogP contribution in [0.1, 0.15) is 17.8 Å². The van der Waals surface area contributed by atoms with E-state index >= 15 is 0 Å². The maximum absolute atomic E-state index is 12.1. The third-order valence-electron chi connectivity index (χ3n) is 2.96. The van der Waals surface area contributed by atoms with Crippen LogP contribution in [-0.4, -0.2) is 36.4 Å². The highest BCUT2D eigenvalue weighted by atomic mass is 35.5. The maximum atomic E-state index is 12.1. The molecular weight excluding hydrogens is 316 g/mol. The topological polar surface area (TPSA) is 50.3 Å². The number of sulfonamides is 1. The molecule has 0 saturated heterocycles. The zero-order chi connectivity index (χ0) is 14.6. The second kappa shape index (κ2) is 6.85. The number of para-hydroxylation sites is 1. The number of thiazole rings is 1. The molecule has 110 valence electrons. The minimum atomic E-state index is -3.23. The number of unbranched alkanes of at least 4 members (excludes halogenated alkanes) is 1. The van der Waals surface area contributed by atoms with Crippen LogP contribution in [0.25, 0.3) is 10.2 Å². The van der Waals surface area contributed by atoms with E-state index in [1.165, 1.54) is 15.6 Å². The van der Waals surface area contributed by atoms with Crippen LogP contribution in [-0.2, 0) is 16.6 Å². The number of hydrogen-bond acceptors (Lipinski definition) is 4. The summed E-state index contributed by atoms with van der Waals surface area (Å²) in [6, 6.07) is 7.81. The van der Waals surface area contributed by atoms with E-state index in [4.69, 9.17) is 11.6 Å². The summed E-state index contributed by atoms with van der Waals surface area (Å²) in [5.74, 6) is 0.637. The van der Waals surface area contributed by atoms with Gasteiger partial charge in [-0.05, 0) is 25.0 Å². The van der Waals surface area contributed by atoms with Gasteiger partial charge in [-0.1, -0.05) is 12.1 Å². The minimum Gasteiger partial charge on any atom is -0.240 e. The highest BCUT2D eigenvalue weighted by molar-refractivity contribution is 7.89. The van der Waals surface area contributed by atoms with Gasteiger partial charge >= 0.3 is 0 Å². The van der Waals surface area contributed by atoms with E-state index in [2.05, 4.69) is 4.98 Å². The van der Waals surface area contributed by atoms with E-state index < -0.39 is 10.0 Å². The normalized spacial score (nSPS) is 12.3. The molecule has 0 aliphatic rings. The van der Waals surface area contributed by atoms with E-state index in [9.17, 15) is 8.42 Å². The lowest BCUT2D eigenvalue weighted by atomic mass is 10.3. The number of rotatable bonds is 7. The largest absolute Gasteiger partial charge is 0.240 e. The Morgan fingerprint density at radius 2 is 2.05 bits per heavy atom. The summed E-state index contributed by atoms with van der Waals surface area (Å²) in [6.45, 7) is 0.322. The van der Waals surface area contributed by atoms with Crippen molar-refractivity contribution in [3.8, 4) is 0 Å². The first-order valence-electron chi connectivity index (χ1n) is 6.37. The molecule has 1 aromatic carbocycles. The van der Waals surface area contributed by atoms with E-state index in [0.717, 1.165) is 21.6 Å². The van der Waals surface area contributed by atoms with Gasteiger partial charge in [-0.25, -0.2) is 13.4 Å². The van der Waals surface area contributed by atoms with Gasteiger partial charge in [0.05, 0.1) is 22.5 Å². The van der Waals surface area contributed by atoms with Gasteiger partial charge < -0.3 is 0 Å². The third kappa shape index (κ3) is 3.91. The average Bonchev–Trinajstić information content (AvgIpc) is 2.81. The molecule has 0 N–H and O–H groups in total. The van der Waals surface area contributed by atoms with Crippen molar-refractivity contribution in [1.29, 1.82) is 0 Å². The van der Waals surface area contributed by atoms with Crippen LogP contribution in [0.15, 0.2) is 24.3 Å². The van der Waals surface area contributed by atoms with Gasteiger partial charge in [-0.3, -0.25) is 0 Å². The van der Waals surface area contributed by atoms with Crippen molar-refractivity contribution < 1.29 is 8.42 Å². The Hall–Kier alpha value is -0.690. The zero-order valence-corrected chi connectivity index (χ0v) is 13.6. The first kappa shape index (κ1) is 15.7. The number of aromatic nitrogens is 1. The van der Waals surface area contributed by atoms with Gasteiger partial charge in [-0.2, -0.15) is 4.31 Å². The van der Waals surface area contributed by atoms with Crippen molar-refractivity contribution in [2.75, 3.05) is 18.7 Å². The smallest absolute Gasteiger partial charge is 0.214 e. The molecule has 7 heteroatoms. The van der Waals surface area contributed by atoms with E-state index in [1.807, 2.05) is 24.3 Å². The van der Waals surface area contributed by atoms with Crippen LogP contribution in [0, 0.1) is 0 Å². The molecule has 2 rings (SSSR count). The van der Waals surface area contributed by atoms with Crippen LogP contribution in [0.2, 0.25) is 0 Å². The lowest BCUT2D eigenvalue weighted by Gasteiger charge is -2.15. The Morgan fingerprint density at radius 3 is 2.75 bits per heavy atom. The molecule has 2 aromatic rings. The molecule has 0 unspecified atom stereocenters. The highest BCUT2D eigenvalue weighted by Crippen LogP contribution is 2.23. The SMILES string of the molecule is CN(Cc1nc2ccccc2s1)S(=O)(=O)CCCCCl. The summed E-state index contributed by atoms with van der Waals surface area (Å²) in [5, 5.41) is 0.814. The maximum Gasteiger partial charge on any atom is 0.214 e. The molecule has 0 amide bonds. The number of benzene rings is 1. The second-order valence-corrected chi connectivity index (χ2v) is 8.23. The molecule has 0 spiro atoms. The molecule has 0 radical (unpaired) electrons. The third-order valence-corrected chi connectivity index (χ3v) is 6.13. The predicted molar refractivity (Wildman–Crippen MR) is 84.8 cm³/mol. The number of alkyl halides is 1. The molecule has 0 bridgehead atoms. The number of fused-ring (bicyclic) bond motifs is 1. The Kier molecular flexibility index (Phi) is 5.37. The average molecular weight is 333 g/mol. The van der Waals surface area contributed by atoms with Crippen LogP contribution >= 0.6 is 22.9 Å². The summed E-state index contributed by atoms with van der Waals surface area (Å²) >= 11 is 7.10. The van der Waals surface area contributed by atoms with Crippen molar-refractivity contribution in [2.24, 2.45) is 0 Å². The fourth-order valence-electron chi connectivity index (χ4n) is 1.81. The van der Waals surface area contributed by atoms with Crippen LogP contribution < -0.4 is 0 Å². The van der Waals surface area contributed by atoms with Crippen molar-refractivity contribution in [3.63, 3.8) is 0 Å². The first-order chi connectivity index (χ1) is 9.53. The quantitative estimate of drug-likeness (QED) is 0.578. The molecule has 0 saturated carbocycles. The summed E-state index contributed by atoms with van der Waals surface area (Å²) in [6.07, 6.45) is 1.31. The summed E-state index contributed by atoms with van der Waals surface area (Å²) in [4.78, 5) is 4.45. The molecular formula is C13H17ClN2O2S2. The summed E-state index contributed by atoms with van der Waals surface area (Å²) in [7, 11) is -1.63. The minimum absolute atomic E-state index is 0.140. The number of hydrogen-bond donors (Lipinski definition) is 0. The molecule has 0 fully saturated rings. The first-order valence-corrected chi connectivity index (χ1v) is 9.33. The van der Waals surface area contributed by atoms with Gasteiger partial charge in [0, 0.05) is 12.9 Å². The van der Waals surface area contributed by atoms with Gasteiger partial charge in [0.25, 0.3) is 0 Å². The second-order valence-electron chi connectivity index (χ2n) is 4.54. The monoisotopic (exact) mass is 332 g/mol. The van der Waals surface area contributed by atoms with E-state index in [-0.39, 0.29) is 5.75 Å². The van der Waals surface area contributed by atoms with Crippen molar-refractivity contribution in [2.45, 2.75) is 19.4 Å².